The first kappa shape index (κ1) is 19.7. The quantitative estimate of drug-likeness (QED) is 0.522. The summed E-state index contributed by atoms with van der Waals surface area (Å²) >= 11 is 6.12. The van der Waals surface area contributed by atoms with Gasteiger partial charge in [0.25, 0.3) is 5.56 Å². The lowest BCUT2D eigenvalue weighted by molar-refractivity contribution is 0.0686. The number of nitrogens with zero attached hydrogens (tertiary/aromatic N) is 2. The molecule has 0 unspecified atom stereocenters. The molecule has 30 heavy (non-hydrogen) atoms. The van der Waals surface area contributed by atoms with E-state index in [1.165, 1.54) is 34.9 Å². The Morgan fingerprint density at radius 3 is 2.57 bits per heavy atom. The Kier molecular flexibility index (Phi) is 4.79. The molecule has 0 atom stereocenters. The lowest BCUT2D eigenvalue weighted by Gasteiger charge is -2.10. The molecule has 0 fully saturated rings. The fourth-order valence-electron chi connectivity index (χ4n) is 3.54. The summed E-state index contributed by atoms with van der Waals surface area (Å²) in [6, 6.07) is 11.8. The van der Waals surface area contributed by atoms with E-state index in [0.717, 1.165) is 4.57 Å². The molecule has 2 heterocycles. The van der Waals surface area contributed by atoms with E-state index in [-0.39, 0.29) is 28.9 Å². The molecule has 9 heteroatoms. The Labute approximate surface area is 173 Å². The van der Waals surface area contributed by atoms with Crippen LogP contribution in [0.5, 0.6) is 0 Å². The molecule has 0 spiro atoms. The molecule has 2 N–H and O–H groups in total. The Morgan fingerprint density at radius 2 is 1.90 bits per heavy atom. The third-order valence-corrected chi connectivity index (χ3v) is 5.01. The lowest BCUT2D eigenvalue weighted by Crippen LogP contribution is -2.34. The number of hydrogen-bond donors (Lipinski definition) is 2. The SMILES string of the molecule is Cc1cc(=O)n(-c2c(C(=O)O)n(Cc3ccccc3F)c3ccc(Cl)cc23)c(=O)[nH]1. The van der Waals surface area contributed by atoms with Crippen molar-refractivity contribution >= 4 is 28.5 Å². The maximum Gasteiger partial charge on any atom is 0.354 e. The van der Waals surface area contributed by atoms with Crippen LogP contribution in [0.15, 0.2) is 58.1 Å². The van der Waals surface area contributed by atoms with Crippen LogP contribution in [-0.2, 0) is 6.54 Å². The van der Waals surface area contributed by atoms with Crippen molar-refractivity contribution in [1.29, 1.82) is 0 Å². The predicted molar refractivity (Wildman–Crippen MR) is 110 cm³/mol. The number of nitrogens with one attached hydrogen (secondary N) is 1. The number of carboxylic acid groups (broad SMARTS) is 1. The normalized spacial score (nSPS) is 11.2. The lowest BCUT2D eigenvalue weighted by atomic mass is 10.2. The third-order valence-electron chi connectivity index (χ3n) is 4.78. The summed E-state index contributed by atoms with van der Waals surface area (Å²) in [6.07, 6.45) is 0. The van der Waals surface area contributed by atoms with Crippen molar-refractivity contribution < 1.29 is 14.3 Å². The maximum atomic E-state index is 14.3. The van der Waals surface area contributed by atoms with Crippen molar-refractivity contribution in [2.45, 2.75) is 13.5 Å². The number of fused-ring (bicyclic) bond motifs is 1. The smallest absolute Gasteiger partial charge is 0.354 e. The van der Waals surface area contributed by atoms with Gasteiger partial charge in [-0.2, -0.15) is 0 Å². The number of aromatic amines is 1. The van der Waals surface area contributed by atoms with Crippen LogP contribution >= 0.6 is 11.6 Å². The molecule has 7 nitrogen and oxygen atoms in total. The van der Waals surface area contributed by atoms with Crippen LogP contribution < -0.4 is 11.2 Å². The van der Waals surface area contributed by atoms with Crippen LogP contribution in [0.1, 0.15) is 21.7 Å². The van der Waals surface area contributed by atoms with Gasteiger partial charge in [0.15, 0.2) is 5.69 Å². The van der Waals surface area contributed by atoms with E-state index < -0.39 is 23.0 Å². The molecule has 2 aromatic carbocycles. The fourth-order valence-corrected chi connectivity index (χ4v) is 3.71. The number of carbonyl (C=O) groups is 1. The van der Waals surface area contributed by atoms with E-state index in [2.05, 4.69) is 4.98 Å². The molecule has 0 saturated carbocycles. The highest BCUT2D eigenvalue weighted by molar-refractivity contribution is 6.31. The maximum absolute atomic E-state index is 14.3. The van der Waals surface area contributed by atoms with Gasteiger partial charge in [0.05, 0.1) is 17.7 Å². The molecule has 4 aromatic rings. The molecular formula is C21H15ClFN3O4. The minimum Gasteiger partial charge on any atom is -0.477 e. The number of rotatable bonds is 4. The number of aromatic nitrogens is 3. The van der Waals surface area contributed by atoms with E-state index in [1.54, 1.807) is 25.1 Å². The summed E-state index contributed by atoms with van der Waals surface area (Å²) < 4.78 is 16.4. The van der Waals surface area contributed by atoms with Gasteiger partial charge in [0.1, 0.15) is 5.82 Å². The first-order valence-corrected chi connectivity index (χ1v) is 9.27. The van der Waals surface area contributed by atoms with Gasteiger partial charge in [-0.25, -0.2) is 18.5 Å². The zero-order valence-electron chi connectivity index (χ0n) is 15.6. The van der Waals surface area contributed by atoms with E-state index in [0.29, 0.717) is 16.2 Å². The van der Waals surface area contributed by atoms with Crippen LogP contribution in [0.2, 0.25) is 5.02 Å². The number of halogens is 2. The number of aryl methyl sites for hydroxylation is 1. The number of aromatic carboxylic acids is 1. The van der Waals surface area contributed by atoms with Gasteiger partial charge in [-0.05, 0) is 31.2 Å². The van der Waals surface area contributed by atoms with Crippen molar-refractivity contribution in [3.05, 3.63) is 97.2 Å². The number of carboxylic acids is 1. The van der Waals surface area contributed by atoms with Crippen LogP contribution in [0, 0.1) is 12.7 Å². The highest BCUT2D eigenvalue weighted by Gasteiger charge is 2.26. The second-order valence-electron chi connectivity index (χ2n) is 6.77. The largest absolute Gasteiger partial charge is 0.477 e. The molecule has 0 saturated heterocycles. The molecule has 4 rings (SSSR count). The topological polar surface area (TPSA) is 97.1 Å². The van der Waals surface area contributed by atoms with Gasteiger partial charge >= 0.3 is 11.7 Å². The molecule has 0 amide bonds. The number of hydrogen-bond acceptors (Lipinski definition) is 3. The third kappa shape index (κ3) is 3.21. The Balaban J connectivity index is 2.14. The highest BCUT2D eigenvalue weighted by Crippen LogP contribution is 2.32. The minimum absolute atomic E-state index is 0.120. The second kappa shape index (κ2) is 7.31. The monoisotopic (exact) mass is 427 g/mol. The molecule has 0 radical (unpaired) electrons. The molecule has 0 bridgehead atoms. The van der Waals surface area contributed by atoms with E-state index in [1.807, 2.05) is 0 Å². The van der Waals surface area contributed by atoms with Gasteiger partial charge in [-0.1, -0.05) is 29.8 Å². The zero-order valence-corrected chi connectivity index (χ0v) is 16.4. The molecule has 0 aliphatic rings. The summed E-state index contributed by atoms with van der Waals surface area (Å²) in [4.78, 5) is 40.0. The first-order valence-electron chi connectivity index (χ1n) is 8.89. The summed E-state index contributed by atoms with van der Waals surface area (Å²) in [5.74, 6) is -1.88. The highest BCUT2D eigenvalue weighted by atomic mass is 35.5. The van der Waals surface area contributed by atoms with Crippen molar-refractivity contribution in [3.63, 3.8) is 0 Å². The van der Waals surface area contributed by atoms with Crippen LogP contribution in [-0.4, -0.2) is 25.2 Å². The number of H-pyrrole nitrogens is 1. The minimum atomic E-state index is -1.37. The van der Waals surface area contributed by atoms with Gasteiger partial charge in [-0.3, -0.25) is 4.79 Å². The van der Waals surface area contributed by atoms with Crippen LogP contribution in [0.25, 0.3) is 16.6 Å². The average Bonchev–Trinajstić information content (AvgIpc) is 2.96. The van der Waals surface area contributed by atoms with E-state index >= 15 is 0 Å². The molecule has 0 aliphatic heterocycles. The summed E-state index contributed by atoms with van der Waals surface area (Å²) in [7, 11) is 0. The Bertz CT molecular complexity index is 1400. The summed E-state index contributed by atoms with van der Waals surface area (Å²) in [5, 5.41) is 10.6. The van der Waals surface area contributed by atoms with Crippen LogP contribution in [0.3, 0.4) is 0 Å². The standard InChI is InChI=1S/C21H15ClFN3O4/c1-11-8-17(27)26(21(30)24-11)18-14-9-13(22)6-7-16(14)25(19(18)20(28)29)10-12-4-2-3-5-15(12)23/h2-9H,10H2,1H3,(H,24,30)(H,28,29). The van der Waals surface area contributed by atoms with Crippen molar-refractivity contribution in [2.75, 3.05) is 0 Å². The molecular weight excluding hydrogens is 413 g/mol. The van der Waals surface area contributed by atoms with E-state index in [9.17, 15) is 23.9 Å². The van der Waals surface area contributed by atoms with Gasteiger partial charge in [0, 0.05) is 27.7 Å². The second-order valence-corrected chi connectivity index (χ2v) is 7.21. The average molecular weight is 428 g/mol. The predicted octanol–water partition coefficient (Wildman–Crippen LogP) is 3.33. The van der Waals surface area contributed by atoms with Crippen molar-refractivity contribution in [2.24, 2.45) is 0 Å². The van der Waals surface area contributed by atoms with Gasteiger partial charge < -0.3 is 14.7 Å². The van der Waals surface area contributed by atoms with Crippen molar-refractivity contribution in [3.8, 4) is 5.69 Å². The van der Waals surface area contributed by atoms with Gasteiger partial charge in [0.2, 0.25) is 0 Å². The number of benzene rings is 2. The zero-order chi connectivity index (χ0) is 21.6. The van der Waals surface area contributed by atoms with Crippen molar-refractivity contribution in [1.82, 2.24) is 14.1 Å². The summed E-state index contributed by atoms with van der Waals surface area (Å²) in [5.41, 5.74) is -0.942. The van der Waals surface area contributed by atoms with Crippen LogP contribution in [0.4, 0.5) is 4.39 Å². The summed E-state index contributed by atoms with van der Waals surface area (Å²) in [6.45, 7) is 1.43. The van der Waals surface area contributed by atoms with E-state index in [4.69, 9.17) is 11.6 Å². The Hall–Kier alpha value is -3.65. The molecule has 152 valence electrons. The molecule has 0 aliphatic carbocycles. The molecule has 2 aromatic heterocycles. The first-order chi connectivity index (χ1) is 14.3. The Morgan fingerprint density at radius 1 is 1.17 bits per heavy atom. The van der Waals surface area contributed by atoms with Gasteiger partial charge in [-0.15, -0.1) is 0 Å². The fraction of sp³-hybridized carbons (Fsp3) is 0.0952.